The van der Waals surface area contributed by atoms with E-state index in [9.17, 15) is 18.7 Å². The fourth-order valence-corrected chi connectivity index (χ4v) is 9.04. The first-order valence-corrected chi connectivity index (χ1v) is 22.2. The van der Waals surface area contributed by atoms with E-state index in [0.717, 1.165) is 46.3 Å². The molecule has 0 aliphatic carbocycles. The number of amides is 2. The number of nitrogens with zero attached hydrogens (tertiary/aromatic N) is 2. The van der Waals surface area contributed by atoms with Crippen LogP contribution >= 0.6 is 82.3 Å². The Bertz CT molecular complexity index is 659. The molecule has 2 unspecified atom stereocenters. The van der Waals surface area contributed by atoms with Gasteiger partial charge in [-0.25, -0.2) is 9.98 Å². The minimum absolute atomic E-state index is 0.0146. The smallest absolute Gasteiger partial charge is 0.279 e. The van der Waals surface area contributed by atoms with Gasteiger partial charge in [0, 0.05) is 64.5 Å². The molecule has 0 saturated heterocycles. The molecule has 0 bridgehead atoms. The third-order valence-corrected chi connectivity index (χ3v) is 12.8. The number of carbonyl (C=O) groups is 2. The average molecular weight is 719 g/mol. The SMILES string of the molecule is O=C(NCCSCC/N=C\[S+]([O-])CSCO)SCCSCC[S+]([O-])/C=N/CCSCCNC(=O)SCSCO. The van der Waals surface area contributed by atoms with Crippen LogP contribution in [0.5, 0.6) is 0 Å². The normalized spacial score (nSPS) is 13.2. The van der Waals surface area contributed by atoms with Crippen molar-refractivity contribution in [1.82, 2.24) is 10.6 Å². The summed E-state index contributed by atoms with van der Waals surface area (Å²) in [6, 6.07) is 0. The van der Waals surface area contributed by atoms with Crippen molar-refractivity contribution in [2.75, 3.05) is 94.2 Å². The summed E-state index contributed by atoms with van der Waals surface area (Å²) < 4.78 is 23.4. The van der Waals surface area contributed by atoms with Crippen LogP contribution in [0.25, 0.3) is 0 Å². The Morgan fingerprint density at radius 1 is 0.692 bits per heavy atom. The van der Waals surface area contributed by atoms with Crippen LogP contribution in [0.15, 0.2) is 9.98 Å². The Labute approximate surface area is 268 Å². The quantitative estimate of drug-likeness (QED) is 0.0339. The topological polar surface area (TPSA) is 169 Å². The maximum absolute atomic E-state index is 12.0. The number of thioether (sulfide) groups is 7. The molecular formula is C20H38N4O6S9. The molecule has 2 atom stereocenters. The number of aliphatic hydroxyl groups is 2. The van der Waals surface area contributed by atoms with E-state index in [-0.39, 0.29) is 22.4 Å². The highest BCUT2D eigenvalue weighted by Gasteiger charge is 2.05. The van der Waals surface area contributed by atoms with E-state index < -0.39 is 22.4 Å². The molecule has 10 nitrogen and oxygen atoms in total. The van der Waals surface area contributed by atoms with Crippen molar-refractivity contribution in [2.24, 2.45) is 9.98 Å². The van der Waals surface area contributed by atoms with Crippen LogP contribution in [-0.4, -0.2) is 135 Å². The second-order valence-corrected chi connectivity index (χ2v) is 17.6. The van der Waals surface area contributed by atoms with Gasteiger partial charge < -0.3 is 30.0 Å². The molecule has 0 fully saturated rings. The highest BCUT2D eigenvalue weighted by Crippen LogP contribution is 2.11. The minimum Gasteiger partial charge on any atom is -0.611 e. The van der Waals surface area contributed by atoms with E-state index >= 15 is 0 Å². The van der Waals surface area contributed by atoms with Crippen molar-refractivity contribution < 1.29 is 28.9 Å². The highest BCUT2D eigenvalue weighted by atomic mass is 32.3. The molecule has 39 heavy (non-hydrogen) atoms. The van der Waals surface area contributed by atoms with Gasteiger partial charge in [0.25, 0.3) is 10.5 Å². The van der Waals surface area contributed by atoms with Crippen molar-refractivity contribution in [3.8, 4) is 0 Å². The van der Waals surface area contributed by atoms with E-state index in [1.54, 1.807) is 35.3 Å². The Balaban J connectivity index is 3.46. The van der Waals surface area contributed by atoms with Crippen LogP contribution in [0.1, 0.15) is 0 Å². The third-order valence-electron chi connectivity index (χ3n) is 3.69. The van der Waals surface area contributed by atoms with E-state index in [0.29, 0.717) is 47.9 Å². The average Bonchev–Trinajstić information content (AvgIpc) is 2.92. The zero-order chi connectivity index (χ0) is 28.8. The summed E-state index contributed by atoms with van der Waals surface area (Å²) in [5.41, 5.74) is 2.92. The van der Waals surface area contributed by atoms with Crippen molar-refractivity contribution in [3.05, 3.63) is 0 Å². The van der Waals surface area contributed by atoms with Crippen molar-refractivity contribution >= 4 is 126 Å². The molecule has 0 aromatic rings. The lowest BCUT2D eigenvalue weighted by molar-refractivity contribution is 0.260. The van der Waals surface area contributed by atoms with E-state index in [1.165, 1.54) is 46.4 Å². The number of hydrogen-bond acceptors (Lipinski definition) is 15. The number of aliphatic hydroxyl groups excluding tert-OH is 2. The number of hydrogen-bond donors (Lipinski definition) is 4. The fraction of sp³-hybridized carbons (Fsp3) is 0.800. The third kappa shape index (κ3) is 32.0. The number of carbonyl (C=O) groups excluding carboxylic acids is 2. The van der Waals surface area contributed by atoms with E-state index in [1.807, 2.05) is 0 Å². The molecule has 0 heterocycles. The lowest BCUT2D eigenvalue weighted by Crippen LogP contribution is -2.22. The summed E-state index contributed by atoms with van der Waals surface area (Å²) in [6.45, 7) is 2.34. The van der Waals surface area contributed by atoms with Gasteiger partial charge in [-0.2, -0.15) is 35.3 Å². The zero-order valence-corrected chi connectivity index (χ0v) is 28.9. The first kappa shape index (κ1) is 40.3. The summed E-state index contributed by atoms with van der Waals surface area (Å²) in [4.78, 5) is 31.6. The fourth-order valence-electron chi connectivity index (χ4n) is 2.03. The maximum Gasteiger partial charge on any atom is 0.279 e. The van der Waals surface area contributed by atoms with Gasteiger partial charge in [0.15, 0.2) is 5.08 Å². The predicted octanol–water partition coefficient (Wildman–Crippen LogP) is 2.91. The monoisotopic (exact) mass is 718 g/mol. The number of rotatable bonds is 26. The van der Waals surface area contributed by atoms with Crippen LogP contribution in [0.2, 0.25) is 0 Å². The summed E-state index contributed by atoms with van der Waals surface area (Å²) in [6.07, 6.45) is 0. The Hall–Kier alpha value is 1.27. The van der Waals surface area contributed by atoms with Crippen molar-refractivity contribution in [2.45, 2.75) is 0 Å². The van der Waals surface area contributed by atoms with Gasteiger partial charge in [-0.15, -0.1) is 11.8 Å². The molecule has 19 heteroatoms. The summed E-state index contributed by atoms with van der Waals surface area (Å²) >= 11 is 7.66. The van der Waals surface area contributed by atoms with Gasteiger partial charge in [0.1, 0.15) is 5.75 Å². The van der Waals surface area contributed by atoms with Gasteiger partial charge in [0.05, 0.1) is 30.1 Å². The summed E-state index contributed by atoms with van der Waals surface area (Å²) in [5, 5.41) is 23.7. The molecule has 0 aliphatic rings. The van der Waals surface area contributed by atoms with Crippen LogP contribution in [0.3, 0.4) is 0 Å². The highest BCUT2D eigenvalue weighted by molar-refractivity contribution is 8.23. The molecule has 0 aromatic carbocycles. The van der Waals surface area contributed by atoms with Crippen LogP contribution in [0.4, 0.5) is 9.59 Å². The minimum atomic E-state index is -1.14. The summed E-state index contributed by atoms with van der Waals surface area (Å²) in [5.74, 6) is 5.93. The lowest BCUT2D eigenvalue weighted by atomic mass is 10.8. The Kier molecular flexibility index (Phi) is 33.2. The van der Waals surface area contributed by atoms with Crippen LogP contribution in [-0.2, 0) is 22.4 Å². The predicted molar refractivity (Wildman–Crippen MR) is 186 cm³/mol. The maximum atomic E-state index is 12.0. The van der Waals surface area contributed by atoms with Crippen LogP contribution in [0, 0.1) is 0 Å². The molecular weight excluding hydrogens is 681 g/mol. The number of nitrogens with one attached hydrogen (secondary N) is 2. The standard InChI is InChI=1S/C20H38N4O6S9/c25-15-34-17-37-20(28)24-4-8-31-5-1-21-13-38(29)12-11-33-9-10-36-19(27)23-3-7-32-6-2-22-14-39(30)18-35-16-26/h13-14,25-26H,1-12,15-18H2,(H,23,27)(H,24,28)/b21-13+,22-14-. The first-order chi connectivity index (χ1) is 19.0. The molecule has 0 spiro atoms. The molecule has 0 aromatic heterocycles. The molecule has 0 saturated carbocycles. The second-order valence-electron chi connectivity index (χ2n) is 6.65. The van der Waals surface area contributed by atoms with Gasteiger partial charge in [-0.05, 0) is 11.2 Å². The van der Waals surface area contributed by atoms with Gasteiger partial charge >= 0.3 is 0 Å². The van der Waals surface area contributed by atoms with E-state index in [2.05, 4.69) is 20.6 Å². The zero-order valence-electron chi connectivity index (χ0n) is 21.6. The second kappa shape index (κ2) is 32.2. The molecule has 0 radical (unpaired) electrons. The van der Waals surface area contributed by atoms with Gasteiger partial charge in [-0.3, -0.25) is 9.59 Å². The first-order valence-electron chi connectivity index (χ1n) is 11.7. The van der Waals surface area contributed by atoms with Gasteiger partial charge in [-0.1, -0.05) is 35.3 Å². The Morgan fingerprint density at radius 2 is 1.26 bits per heavy atom. The molecule has 0 aliphatic heterocycles. The summed E-state index contributed by atoms with van der Waals surface area (Å²) in [7, 11) is 0. The van der Waals surface area contributed by atoms with Crippen molar-refractivity contribution in [3.63, 3.8) is 0 Å². The largest absolute Gasteiger partial charge is 0.611 e. The van der Waals surface area contributed by atoms with Crippen LogP contribution < -0.4 is 10.6 Å². The molecule has 0 rings (SSSR count). The lowest BCUT2D eigenvalue weighted by Gasteiger charge is -2.06. The molecule has 2 amide bonds. The van der Waals surface area contributed by atoms with Crippen molar-refractivity contribution in [1.29, 1.82) is 0 Å². The van der Waals surface area contributed by atoms with E-state index in [4.69, 9.17) is 10.2 Å². The number of aliphatic imine (C=N–C) groups is 2. The van der Waals surface area contributed by atoms with Gasteiger partial charge in [0.2, 0.25) is 11.1 Å². The molecule has 4 N–H and O–H groups in total. The Morgan fingerprint density at radius 3 is 1.87 bits per heavy atom. The molecule has 228 valence electrons.